The molecule has 1 saturated heterocycles. The molecular formula is C9H17NO3. The fourth-order valence-electron chi connectivity index (χ4n) is 1.32. The quantitative estimate of drug-likeness (QED) is 0.623. The molecule has 1 fully saturated rings. The second-order valence-electron chi connectivity index (χ2n) is 4.43. The first kappa shape index (κ1) is 10.5. The van der Waals surface area contributed by atoms with E-state index in [1.54, 1.807) is 0 Å². The van der Waals surface area contributed by atoms with Crippen LogP contribution in [-0.2, 0) is 9.53 Å². The van der Waals surface area contributed by atoms with Crippen LogP contribution >= 0.6 is 0 Å². The molecule has 0 aliphatic carbocycles. The molecule has 1 aliphatic rings. The zero-order valence-corrected chi connectivity index (χ0v) is 8.41. The largest absolute Gasteiger partial charge is 0.460 e. The number of carbonyl (C=O) groups excluding carboxylic acids is 1. The molecule has 1 N–H and O–H groups in total. The van der Waals surface area contributed by atoms with Gasteiger partial charge in [-0.2, -0.15) is 5.06 Å². The number of hydrogen-bond donors (Lipinski definition) is 1. The van der Waals surface area contributed by atoms with Gasteiger partial charge < -0.3 is 9.94 Å². The highest BCUT2D eigenvalue weighted by Crippen LogP contribution is 2.19. The summed E-state index contributed by atoms with van der Waals surface area (Å²) in [5.41, 5.74) is -0.431. The predicted octanol–water partition coefficient (Wildman–Crippen LogP) is 1.04. The van der Waals surface area contributed by atoms with Crippen molar-refractivity contribution in [3.63, 3.8) is 0 Å². The average molecular weight is 187 g/mol. The van der Waals surface area contributed by atoms with Gasteiger partial charge in [-0.25, -0.2) is 0 Å². The second-order valence-corrected chi connectivity index (χ2v) is 4.43. The zero-order chi connectivity index (χ0) is 10.1. The monoisotopic (exact) mass is 187 g/mol. The van der Waals surface area contributed by atoms with Crippen LogP contribution < -0.4 is 0 Å². The summed E-state index contributed by atoms with van der Waals surface area (Å²) in [5.74, 6) is -0.367. The summed E-state index contributed by atoms with van der Waals surface area (Å²) in [7, 11) is 0. The molecule has 4 nitrogen and oxygen atoms in total. The lowest BCUT2D eigenvalue weighted by molar-refractivity contribution is -0.161. The molecule has 1 heterocycles. The van der Waals surface area contributed by atoms with Crippen molar-refractivity contribution in [1.82, 2.24) is 5.06 Å². The smallest absolute Gasteiger partial charge is 0.310 e. The highest BCUT2D eigenvalue weighted by Gasteiger charge is 2.31. The van der Waals surface area contributed by atoms with Crippen LogP contribution in [0, 0.1) is 5.92 Å². The number of ether oxygens (including phenoxy) is 1. The van der Waals surface area contributed by atoms with Crippen LogP contribution in [0.3, 0.4) is 0 Å². The minimum atomic E-state index is -0.431. The highest BCUT2D eigenvalue weighted by atomic mass is 16.6. The molecule has 13 heavy (non-hydrogen) atoms. The Balaban J connectivity index is 2.41. The lowest BCUT2D eigenvalue weighted by atomic mass is 10.1. The Morgan fingerprint density at radius 1 is 1.54 bits per heavy atom. The standard InChI is InChI=1S/C9H17NO3/c1-9(2,3)13-8(11)7-4-5-10(12)6-7/h7,12H,4-6H2,1-3H3/t7-/m1/s1. The van der Waals surface area contributed by atoms with E-state index in [4.69, 9.17) is 9.94 Å². The predicted molar refractivity (Wildman–Crippen MR) is 47.3 cm³/mol. The van der Waals surface area contributed by atoms with Crippen molar-refractivity contribution in [2.75, 3.05) is 13.1 Å². The number of rotatable bonds is 1. The molecule has 0 bridgehead atoms. The summed E-state index contributed by atoms with van der Waals surface area (Å²) in [6, 6.07) is 0. The van der Waals surface area contributed by atoms with Gasteiger partial charge in [0, 0.05) is 13.1 Å². The van der Waals surface area contributed by atoms with Crippen molar-refractivity contribution in [2.24, 2.45) is 5.92 Å². The Kier molecular flexibility index (Phi) is 2.93. The van der Waals surface area contributed by atoms with Gasteiger partial charge in [-0.05, 0) is 27.2 Å². The summed E-state index contributed by atoms with van der Waals surface area (Å²) in [5, 5.41) is 10.2. The molecule has 4 heteroatoms. The number of esters is 1. The third kappa shape index (κ3) is 3.32. The molecule has 0 aromatic rings. The zero-order valence-electron chi connectivity index (χ0n) is 8.41. The maximum absolute atomic E-state index is 11.4. The van der Waals surface area contributed by atoms with Gasteiger partial charge in [0.1, 0.15) is 5.60 Å². The summed E-state index contributed by atoms with van der Waals surface area (Å²) in [6.07, 6.45) is 0.686. The van der Waals surface area contributed by atoms with E-state index in [9.17, 15) is 4.79 Å². The minimum Gasteiger partial charge on any atom is -0.460 e. The first-order valence-corrected chi connectivity index (χ1v) is 4.55. The molecule has 0 amide bonds. The van der Waals surface area contributed by atoms with Crippen LogP contribution in [0.4, 0.5) is 0 Å². The molecule has 76 valence electrons. The first-order valence-electron chi connectivity index (χ1n) is 4.55. The normalized spacial score (nSPS) is 24.8. The lowest BCUT2D eigenvalue weighted by Crippen LogP contribution is -2.30. The number of carbonyl (C=O) groups is 1. The molecule has 0 saturated carbocycles. The van der Waals surface area contributed by atoms with Gasteiger partial charge in [-0.15, -0.1) is 0 Å². The summed E-state index contributed by atoms with van der Waals surface area (Å²) < 4.78 is 5.19. The molecule has 1 atom stereocenters. The third-order valence-corrected chi connectivity index (χ3v) is 1.91. The SMILES string of the molecule is CC(C)(C)OC(=O)[C@@H]1CCN(O)C1. The number of hydrogen-bond acceptors (Lipinski definition) is 4. The highest BCUT2D eigenvalue weighted by molar-refractivity contribution is 5.73. The van der Waals surface area contributed by atoms with Gasteiger partial charge in [0.05, 0.1) is 5.92 Å². The van der Waals surface area contributed by atoms with Crippen molar-refractivity contribution < 1.29 is 14.7 Å². The van der Waals surface area contributed by atoms with Gasteiger partial charge in [0.15, 0.2) is 0 Å². The maximum atomic E-state index is 11.4. The molecule has 0 spiro atoms. The van der Waals surface area contributed by atoms with Crippen LogP contribution in [-0.4, -0.2) is 34.9 Å². The van der Waals surface area contributed by atoms with Gasteiger partial charge >= 0.3 is 5.97 Å². The van der Waals surface area contributed by atoms with Crippen LogP contribution in [0.5, 0.6) is 0 Å². The molecule has 0 aromatic carbocycles. The van der Waals surface area contributed by atoms with Crippen LogP contribution in [0.2, 0.25) is 0 Å². The van der Waals surface area contributed by atoms with E-state index in [2.05, 4.69) is 0 Å². The molecule has 1 rings (SSSR count). The topological polar surface area (TPSA) is 49.8 Å². The summed E-state index contributed by atoms with van der Waals surface area (Å²) in [4.78, 5) is 11.4. The van der Waals surface area contributed by atoms with E-state index in [1.807, 2.05) is 20.8 Å². The van der Waals surface area contributed by atoms with Crippen LogP contribution in [0.25, 0.3) is 0 Å². The van der Waals surface area contributed by atoms with Crippen LogP contribution in [0.15, 0.2) is 0 Å². The average Bonchev–Trinajstić information content (AvgIpc) is 2.31. The molecular weight excluding hydrogens is 170 g/mol. The Morgan fingerprint density at radius 2 is 2.15 bits per heavy atom. The van der Waals surface area contributed by atoms with Gasteiger partial charge in [-0.3, -0.25) is 4.79 Å². The summed E-state index contributed by atoms with van der Waals surface area (Å²) in [6.45, 7) is 6.49. The van der Waals surface area contributed by atoms with E-state index in [-0.39, 0.29) is 11.9 Å². The minimum absolute atomic E-state index is 0.163. The van der Waals surface area contributed by atoms with E-state index in [1.165, 1.54) is 0 Å². The van der Waals surface area contributed by atoms with E-state index in [0.717, 1.165) is 5.06 Å². The van der Waals surface area contributed by atoms with E-state index >= 15 is 0 Å². The summed E-state index contributed by atoms with van der Waals surface area (Å²) >= 11 is 0. The van der Waals surface area contributed by atoms with E-state index < -0.39 is 5.60 Å². The van der Waals surface area contributed by atoms with Gasteiger partial charge in [-0.1, -0.05) is 0 Å². The van der Waals surface area contributed by atoms with Crippen molar-refractivity contribution in [2.45, 2.75) is 32.8 Å². The Bertz CT molecular complexity index is 198. The molecule has 0 aromatic heterocycles. The Hall–Kier alpha value is -0.610. The molecule has 1 aliphatic heterocycles. The van der Waals surface area contributed by atoms with Crippen molar-refractivity contribution >= 4 is 5.97 Å². The second kappa shape index (κ2) is 3.64. The lowest BCUT2D eigenvalue weighted by Gasteiger charge is -2.21. The molecule has 0 radical (unpaired) electrons. The van der Waals surface area contributed by atoms with Crippen molar-refractivity contribution in [3.8, 4) is 0 Å². The first-order chi connectivity index (χ1) is 5.88. The fraction of sp³-hybridized carbons (Fsp3) is 0.889. The van der Waals surface area contributed by atoms with Gasteiger partial charge in [0.2, 0.25) is 0 Å². The third-order valence-electron chi connectivity index (χ3n) is 1.91. The van der Waals surface area contributed by atoms with E-state index in [0.29, 0.717) is 19.5 Å². The number of nitrogens with zero attached hydrogens (tertiary/aromatic N) is 1. The van der Waals surface area contributed by atoms with Gasteiger partial charge in [0.25, 0.3) is 0 Å². The van der Waals surface area contributed by atoms with Crippen LogP contribution in [0.1, 0.15) is 27.2 Å². The fourth-order valence-corrected chi connectivity index (χ4v) is 1.32. The Morgan fingerprint density at radius 3 is 2.54 bits per heavy atom. The Labute approximate surface area is 78.4 Å². The van der Waals surface area contributed by atoms with Crippen molar-refractivity contribution in [3.05, 3.63) is 0 Å². The van der Waals surface area contributed by atoms with Crippen molar-refractivity contribution in [1.29, 1.82) is 0 Å². The molecule has 0 unspecified atom stereocenters. The number of hydroxylamine groups is 2. The maximum Gasteiger partial charge on any atom is 0.310 e.